The van der Waals surface area contributed by atoms with E-state index in [2.05, 4.69) is 28.6 Å². The number of halogens is 3. The number of aromatic amines is 1. The summed E-state index contributed by atoms with van der Waals surface area (Å²) in [5.41, 5.74) is 4.14. The quantitative estimate of drug-likeness (QED) is 0.210. The van der Waals surface area contributed by atoms with Crippen LogP contribution in [0, 0.1) is 0 Å². The van der Waals surface area contributed by atoms with Gasteiger partial charge in [0.15, 0.2) is 0 Å². The van der Waals surface area contributed by atoms with E-state index in [-0.39, 0.29) is 29.8 Å². The van der Waals surface area contributed by atoms with Crippen molar-refractivity contribution in [3.05, 3.63) is 134 Å². The highest BCUT2D eigenvalue weighted by Crippen LogP contribution is 2.54. The van der Waals surface area contributed by atoms with E-state index in [1.165, 1.54) is 10.9 Å². The number of aryl methyl sites for hydroxylation is 1. The molecule has 1 fully saturated rings. The van der Waals surface area contributed by atoms with Gasteiger partial charge in [0.05, 0.1) is 35.2 Å². The summed E-state index contributed by atoms with van der Waals surface area (Å²) in [6.45, 7) is 0.669. The number of amides is 1. The molecule has 1 saturated carbocycles. The Morgan fingerprint density at radius 1 is 0.911 bits per heavy atom. The Hall–Kier alpha value is -4.50. The van der Waals surface area contributed by atoms with Crippen LogP contribution >= 0.6 is 11.3 Å². The van der Waals surface area contributed by atoms with Crippen molar-refractivity contribution in [3.8, 4) is 22.3 Å². The summed E-state index contributed by atoms with van der Waals surface area (Å²) >= 11 is 1.70. The summed E-state index contributed by atoms with van der Waals surface area (Å²) in [5, 5.41) is 2.16. The van der Waals surface area contributed by atoms with Crippen molar-refractivity contribution >= 4 is 17.2 Å². The molecule has 2 aromatic heterocycles. The van der Waals surface area contributed by atoms with Gasteiger partial charge in [-0.3, -0.25) is 9.59 Å². The van der Waals surface area contributed by atoms with Crippen molar-refractivity contribution in [1.82, 2.24) is 14.9 Å². The number of aromatic nitrogens is 2. The summed E-state index contributed by atoms with van der Waals surface area (Å²) in [6, 6.07) is 24.6. The summed E-state index contributed by atoms with van der Waals surface area (Å²) in [7, 11) is 0. The average molecular weight is 626 g/mol. The number of rotatable bonds is 6. The molecule has 0 spiro atoms. The second kappa shape index (κ2) is 11.5. The van der Waals surface area contributed by atoms with E-state index in [4.69, 9.17) is 4.98 Å². The van der Waals surface area contributed by atoms with Crippen LogP contribution in [0.15, 0.2) is 95.1 Å². The fourth-order valence-electron chi connectivity index (χ4n) is 6.18. The number of carbonyl (C=O) groups is 1. The Bertz CT molecular complexity index is 1940. The molecule has 5 aromatic rings. The van der Waals surface area contributed by atoms with Crippen LogP contribution in [0.5, 0.6) is 0 Å². The Balaban J connectivity index is 1.09. The number of hydrogen-bond donors (Lipinski definition) is 1. The molecule has 1 aliphatic carbocycles. The molecular weight excluding hydrogens is 595 g/mol. The van der Waals surface area contributed by atoms with Crippen LogP contribution in [0.3, 0.4) is 0 Å². The zero-order chi connectivity index (χ0) is 31.2. The number of thiophene rings is 1. The molecular formula is C36H30F3N3O2S. The second-order valence-electron chi connectivity index (χ2n) is 11.9. The standard InChI is InChI=1S/C36H30F3N3O2S/c37-36(38,39)28-12-5-11-26(19-28)25-10-4-7-23(17-25)18-32(43)42-16-6-13-30-29(21-42)33(44)41-34(40-30)35(14-15-35)31-20-27(22-45-31)24-8-2-1-3-9-24/h1-5,7-12,17,19-20,22H,6,13-16,18,21H2,(H,40,41,44). The minimum Gasteiger partial charge on any atom is -0.338 e. The Morgan fingerprint density at radius 2 is 1.64 bits per heavy atom. The minimum atomic E-state index is -4.44. The SMILES string of the molecule is O=C(Cc1cccc(-c2cccc(C(F)(F)F)c2)c1)N1CCCc2nc(C3(c4cc(-c5ccccc5)cs4)CC3)[nH]c(=O)c2C1. The summed E-state index contributed by atoms with van der Waals surface area (Å²) < 4.78 is 39.7. The first-order valence-electron chi connectivity index (χ1n) is 15.0. The van der Waals surface area contributed by atoms with Gasteiger partial charge in [-0.15, -0.1) is 11.3 Å². The maximum Gasteiger partial charge on any atom is 0.416 e. The average Bonchev–Trinajstić information content (AvgIpc) is 3.75. The van der Waals surface area contributed by atoms with E-state index in [1.54, 1.807) is 46.6 Å². The van der Waals surface area contributed by atoms with Crippen LogP contribution in [0.2, 0.25) is 0 Å². The molecule has 45 heavy (non-hydrogen) atoms. The smallest absolute Gasteiger partial charge is 0.338 e. The van der Waals surface area contributed by atoms with E-state index in [0.717, 1.165) is 41.8 Å². The summed E-state index contributed by atoms with van der Waals surface area (Å²) in [6.07, 6.45) is -1.22. The third-order valence-electron chi connectivity index (χ3n) is 8.83. The number of fused-ring (bicyclic) bond motifs is 1. The molecule has 0 saturated heterocycles. The largest absolute Gasteiger partial charge is 0.416 e. The Labute approximate surface area is 262 Å². The lowest BCUT2D eigenvalue weighted by molar-refractivity contribution is -0.137. The minimum absolute atomic E-state index is 0.0801. The van der Waals surface area contributed by atoms with E-state index in [1.807, 2.05) is 18.2 Å². The number of hydrogen-bond acceptors (Lipinski definition) is 4. The molecule has 7 rings (SSSR count). The van der Waals surface area contributed by atoms with Gasteiger partial charge in [-0.25, -0.2) is 4.98 Å². The fraction of sp³-hybridized carbons (Fsp3) is 0.250. The highest BCUT2D eigenvalue weighted by Gasteiger charge is 2.50. The number of nitrogens with zero attached hydrogens (tertiary/aromatic N) is 2. The second-order valence-corrected chi connectivity index (χ2v) is 12.8. The number of alkyl halides is 3. The number of carbonyl (C=O) groups excluding carboxylic acids is 1. The lowest BCUT2D eigenvalue weighted by atomic mass is 9.99. The van der Waals surface area contributed by atoms with Crippen molar-refractivity contribution in [3.63, 3.8) is 0 Å². The van der Waals surface area contributed by atoms with Gasteiger partial charge < -0.3 is 9.88 Å². The lowest BCUT2D eigenvalue weighted by Gasteiger charge is -2.21. The van der Waals surface area contributed by atoms with Gasteiger partial charge in [-0.05, 0) is 77.1 Å². The summed E-state index contributed by atoms with van der Waals surface area (Å²) in [5.74, 6) is 0.567. The molecule has 228 valence electrons. The number of nitrogens with one attached hydrogen (secondary N) is 1. The van der Waals surface area contributed by atoms with Crippen molar-refractivity contribution < 1.29 is 18.0 Å². The van der Waals surface area contributed by atoms with Crippen molar-refractivity contribution in [1.29, 1.82) is 0 Å². The topological polar surface area (TPSA) is 66.1 Å². The van der Waals surface area contributed by atoms with Crippen molar-refractivity contribution in [2.24, 2.45) is 0 Å². The van der Waals surface area contributed by atoms with Crippen LogP contribution in [0.1, 0.15) is 52.3 Å². The molecule has 1 aliphatic heterocycles. The van der Waals surface area contributed by atoms with Gasteiger partial charge in [0.25, 0.3) is 5.56 Å². The first kappa shape index (κ1) is 29.2. The van der Waals surface area contributed by atoms with E-state index < -0.39 is 11.7 Å². The third kappa shape index (κ3) is 5.84. The molecule has 0 unspecified atom stereocenters. The molecule has 0 radical (unpaired) electrons. The molecule has 0 bridgehead atoms. The monoisotopic (exact) mass is 625 g/mol. The molecule has 5 nitrogen and oxygen atoms in total. The molecule has 9 heteroatoms. The molecule has 3 aromatic carbocycles. The Morgan fingerprint density at radius 3 is 2.40 bits per heavy atom. The van der Waals surface area contributed by atoms with E-state index >= 15 is 0 Å². The van der Waals surface area contributed by atoms with E-state index in [0.29, 0.717) is 47.5 Å². The van der Waals surface area contributed by atoms with Gasteiger partial charge >= 0.3 is 6.18 Å². The number of H-pyrrole nitrogens is 1. The maximum atomic E-state index is 13.5. The first-order chi connectivity index (χ1) is 21.7. The zero-order valence-electron chi connectivity index (χ0n) is 24.4. The molecule has 2 aliphatic rings. The van der Waals surface area contributed by atoms with Crippen LogP contribution in [-0.2, 0) is 35.8 Å². The van der Waals surface area contributed by atoms with Crippen molar-refractivity contribution in [2.75, 3.05) is 6.54 Å². The van der Waals surface area contributed by atoms with Crippen molar-refractivity contribution in [2.45, 2.75) is 50.2 Å². The number of benzene rings is 3. The van der Waals surface area contributed by atoms with Gasteiger partial charge in [0, 0.05) is 11.4 Å². The van der Waals surface area contributed by atoms with Crippen LogP contribution in [0.25, 0.3) is 22.3 Å². The fourth-order valence-corrected chi connectivity index (χ4v) is 7.36. The third-order valence-corrected chi connectivity index (χ3v) is 9.97. The van der Waals surface area contributed by atoms with Crippen LogP contribution in [-0.4, -0.2) is 27.3 Å². The zero-order valence-corrected chi connectivity index (χ0v) is 25.2. The maximum absolute atomic E-state index is 13.5. The van der Waals surface area contributed by atoms with Gasteiger partial charge in [0.2, 0.25) is 5.91 Å². The normalized spacial score (nSPS) is 15.8. The van der Waals surface area contributed by atoms with Gasteiger partial charge in [-0.1, -0.05) is 66.7 Å². The first-order valence-corrected chi connectivity index (χ1v) is 15.9. The lowest BCUT2D eigenvalue weighted by Crippen LogP contribution is -2.34. The van der Waals surface area contributed by atoms with Crippen LogP contribution in [0.4, 0.5) is 13.2 Å². The predicted octanol–water partition coefficient (Wildman–Crippen LogP) is 7.78. The predicted molar refractivity (Wildman–Crippen MR) is 169 cm³/mol. The molecule has 0 atom stereocenters. The Kier molecular flexibility index (Phi) is 7.44. The van der Waals surface area contributed by atoms with Gasteiger partial charge in [0.1, 0.15) is 5.82 Å². The highest BCUT2D eigenvalue weighted by molar-refractivity contribution is 7.10. The highest BCUT2D eigenvalue weighted by atomic mass is 32.1. The van der Waals surface area contributed by atoms with E-state index in [9.17, 15) is 22.8 Å². The molecule has 1 amide bonds. The molecule has 3 heterocycles. The summed E-state index contributed by atoms with van der Waals surface area (Å²) in [4.78, 5) is 37.9. The molecule has 1 N–H and O–H groups in total. The van der Waals surface area contributed by atoms with Crippen LogP contribution < -0.4 is 5.56 Å². The van der Waals surface area contributed by atoms with Gasteiger partial charge in [-0.2, -0.15) is 13.2 Å².